The van der Waals surface area contributed by atoms with E-state index in [0.29, 0.717) is 5.56 Å². The first-order valence-corrected chi connectivity index (χ1v) is 11.6. The molecule has 3 N–H and O–H groups in total. The molecule has 2 atom stereocenters. The second-order valence-corrected chi connectivity index (χ2v) is 8.83. The third-order valence-corrected chi connectivity index (χ3v) is 6.11. The topological polar surface area (TPSA) is 104 Å². The molecule has 35 heavy (non-hydrogen) atoms. The molecule has 0 bridgehead atoms. The van der Waals surface area contributed by atoms with Gasteiger partial charge in [-0.15, -0.1) is 0 Å². The van der Waals surface area contributed by atoms with Crippen molar-refractivity contribution in [3.8, 4) is 5.75 Å². The minimum Gasteiger partial charge on any atom is -0.507 e. The minimum absolute atomic E-state index is 0.0853. The number of carbonyl (C=O) groups is 2. The summed E-state index contributed by atoms with van der Waals surface area (Å²) >= 11 is 0. The summed E-state index contributed by atoms with van der Waals surface area (Å²) in [7, 11) is 1.30. The Balaban J connectivity index is 1.58. The van der Waals surface area contributed by atoms with Crippen molar-refractivity contribution in [1.29, 1.82) is 0 Å². The molecule has 0 fully saturated rings. The number of amides is 1. The van der Waals surface area contributed by atoms with Gasteiger partial charge in [-0.3, -0.25) is 9.79 Å². The zero-order chi connectivity index (χ0) is 24.9. The summed E-state index contributed by atoms with van der Waals surface area (Å²) < 4.78 is 4.97. The number of esters is 1. The van der Waals surface area contributed by atoms with E-state index in [4.69, 9.17) is 4.74 Å². The number of phenols is 1. The highest BCUT2D eigenvalue weighted by atomic mass is 16.5. The summed E-state index contributed by atoms with van der Waals surface area (Å²) in [6.45, 7) is 3.77. The van der Waals surface area contributed by atoms with E-state index in [1.807, 2.05) is 74.6 Å². The number of nitrogens with zero attached hydrogens (tertiary/aromatic N) is 1. The largest absolute Gasteiger partial charge is 0.507 e. The first-order chi connectivity index (χ1) is 16.9. The molecule has 0 aliphatic rings. The van der Waals surface area contributed by atoms with E-state index in [-0.39, 0.29) is 24.0 Å². The number of ether oxygens (including phenoxy) is 1. The average Bonchev–Trinajstić information content (AvgIpc) is 3.27. The van der Waals surface area contributed by atoms with Crippen molar-refractivity contribution in [2.24, 2.45) is 10.9 Å². The predicted molar refractivity (Wildman–Crippen MR) is 138 cm³/mol. The molecule has 0 radical (unpaired) electrons. The highest BCUT2D eigenvalue weighted by molar-refractivity contribution is 6.03. The number of aromatic amines is 1. The fourth-order valence-electron chi connectivity index (χ4n) is 4.23. The van der Waals surface area contributed by atoms with E-state index < -0.39 is 18.1 Å². The van der Waals surface area contributed by atoms with Crippen LogP contribution in [0.1, 0.15) is 25.0 Å². The van der Waals surface area contributed by atoms with Gasteiger partial charge < -0.3 is 20.1 Å². The van der Waals surface area contributed by atoms with Crippen molar-refractivity contribution < 1.29 is 19.4 Å². The fourth-order valence-corrected chi connectivity index (χ4v) is 4.23. The fraction of sp³-hybridized carbons (Fsp3) is 0.250. The molecule has 0 saturated heterocycles. The van der Waals surface area contributed by atoms with E-state index in [0.717, 1.165) is 27.2 Å². The third-order valence-electron chi connectivity index (χ3n) is 6.11. The number of aromatic nitrogens is 1. The maximum absolute atomic E-state index is 13.3. The zero-order valence-corrected chi connectivity index (χ0v) is 20.0. The number of hydrogen-bond acceptors (Lipinski definition) is 5. The number of methoxy groups -OCH3 is 1. The average molecular weight is 472 g/mol. The zero-order valence-electron chi connectivity index (χ0n) is 20.0. The van der Waals surface area contributed by atoms with Gasteiger partial charge in [-0.2, -0.15) is 0 Å². The SMILES string of the molecule is COC(=O)[C@H](Cc1c[nH]c2ccccc12)NC(=O)[C@@H](N=Cc1c(O)ccc2ccccc12)C(C)C. The molecular weight excluding hydrogens is 442 g/mol. The number of aliphatic imine (C=N–C) groups is 1. The van der Waals surface area contributed by atoms with Gasteiger partial charge in [0.05, 0.1) is 7.11 Å². The van der Waals surface area contributed by atoms with Gasteiger partial charge in [0, 0.05) is 35.3 Å². The molecule has 7 nitrogen and oxygen atoms in total. The van der Waals surface area contributed by atoms with E-state index in [2.05, 4.69) is 15.3 Å². The van der Waals surface area contributed by atoms with E-state index >= 15 is 0 Å². The Morgan fingerprint density at radius 1 is 1.06 bits per heavy atom. The standard InChI is InChI=1S/C28H29N3O4/c1-17(2)26(30-16-22-20-9-5-4-8-18(20)12-13-25(22)32)27(33)31-24(28(34)35-3)14-19-15-29-23-11-7-6-10-21(19)23/h4-13,15-17,24,26,29,32H,14H2,1-3H3,(H,31,33)/t24-,26-/m0/s1. The molecule has 4 rings (SSSR count). The van der Waals surface area contributed by atoms with Crippen LogP contribution < -0.4 is 5.32 Å². The van der Waals surface area contributed by atoms with Gasteiger partial charge in [0.15, 0.2) is 0 Å². The van der Waals surface area contributed by atoms with Crippen LogP contribution in [0, 0.1) is 5.92 Å². The molecule has 0 aliphatic heterocycles. The Morgan fingerprint density at radius 3 is 2.51 bits per heavy atom. The van der Waals surface area contributed by atoms with Crippen molar-refractivity contribution in [2.75, 3.05) is 7.11 Å². The molecule has 4 aromatic rings. The lowest BCUT2D eigenvalue weighted by Gasteiger charge is -2.21. The Morgan fingerprint density at radius 2 is 1.77 bits per heavy atom. The van der Waals surface area contributed by atoms with Crippen LogP contribution in [0.25, 0.3) is 21.7 Å². The van der Waals surface area contributed by atoms with E-state index in [1.54, 1.807) is 6.07 Å². The number of aromatic hydroxyl groups is 1. The number of para-hydroxylation sites is 1. The van der Waals surface area contributed by atoms with Crippen LogP contribution in [-0.4, -0.2) is 47.4 Å². The van der Waals surface area contributed by atoms with Gasteiger partial charge in [-0.1, -0.05) is 62.4 Å². The van der Waals surface area contributed by atoms with Gasteiger partial charge in [-0.25, -0.2) is 4.79 Å². The summed E-state index contributed by atoms with van der Waals surface area (Å²) in [6.07, 6.45) is 3.66. The number of rotatable bonds is 8. The van der Waals surface area contributed by atoms with Crippen molar-refractivity contribution in [1.82, 2.24) is 10.3 Å². The number of nitrogens with one attached hydrogen (secondary N) is 2. The summed E-state index contributed by atoms with van der Waals surface area (Å²) in [5.41, 5.74) is 2.41. The molecule has 0 spiro atoms. The first kappa shape index (κ1) is 24.0. The second kappa shape index (κ2) is 10.4. The minimum atomic E-state index is -0.867. The molecule has 1 amide bonds. The molecular formula is C28H29N3O4. The number of benzene rings is 3. The van der Waals surface area contributed by atoms with Crippen molar-refractivity contribution >= 4 is 39.8 Å². The van der Waals surface area contributed by atoms with Gasteiger partial charge in [0.25, 0.3) is 0 Å². The molecule has 180 valence electrons. The van der Waals surface area contributed by atoms with Crippen LogP contribution >= 0.6 is 0 Å². The monoisotopic (exact) mass is 471 g/mol. The molecule has 1 aromatic heterocycles. The van der Waals surface area contributed by atoms with Gasteiger partial charge in [0.1, 0.15) is 17.8 Å². The number of H-pyrrole nitrogens is 1. The molecule has 7 heteroatoms. The molecule has 1 heterocycles. The molecule has 0 unspecified atom stereocenters. The maximum atomic E-state index is 13.3. The lowest BCUT2D eigenvalue weighted by Crippen LogP contribution is -2.48. The van der Waals surface area contributed by atoms with Crippen LogP contribution in [0.4, 0.5) is 0 Å². The maximum Gasteiger partial charge on any atom is 0.328 e. The first-order valence-electron chi connectivity index (χ1n) is 11.6. The molecule has 3 aromatic carbocycles. The third kappa shape index (κ3) is 5.19. The highest BCUT2D eigenvalue weighted by Gasteiger charge is 2.28. The van der Waals surface area contributed by atoms with Crippen LogP contribution in [0.15, 0.2) is 71.9 Å². The molecule has 0 aliphatic carbocycles. The summed E-state index contributed by atoms with van der Waals surface area (Å²) in [5, 5.41) is 16.0. The van der Waals surface area contributed by atoms with Gasteiger partial charge in [-0.05, 0) is 34.4 Å². The second-order valence-electron chi connectivity index (χ2n) is 8.83. The van der Waals surface area contributed by atoms with Crippen LogP contribution in [-0.2, 0) is 20.7 Å². The normalized spacial score (nSPS) is 13.4. The lowest BCUT2D eigenvalue weighted by molar-refractivity contribution is -0.145. The summed E-state index contributed by atoms with van der Waals surface area (Å²) in [5.74, 6) is -0.968. The number of hydrogen-bond donors (Lipinski definition) is 3. The van der Waals surface area contributed by atoms with E-state index in [9.17, 15) is 14.7 Å². The van der Waals surface area contributed by atoms with Gasteiger partial charge in [0.2, 0.25) is 5.91 Å². The van der Waals surface area contributed by atoms with Crippen LogP contribution in [0.5, 0.6) is 5.75 Å². The number of fused-ring (bicyclic) bond motifs is 2. The Hall–Kier alpha value is -4.13. The Labute approximate surface area is 203 Å². The number of carbonyl (C=O) groups excluding carboxylic acids is 2. The van der Waals surface area contributed by atoms with Crippen molar-refractivity contribution in [3.05, 3.63) is 78.0 Å². The predicted octanol–water partition coefficient (Wildman–Crippen LogP) is 4.37. The van der Waals surface area contributed by atoms with Crippen molar-refractivity contribution in [2.45, 2.75) is 32.4 Å². The summed E-state index contributed by atoms with van der Waals surface area (Å²) in [6, 6.07) is 17.3. The van der Waals surface area contributed by atoms with Crippen LogP contribution in [0.2, 0.25) is 0 Å². The Kier molecular flexibility index (Phi) is 7.15. The van der Waals surface area contributed by atoms with Gasteiger partial charge >= 0.3 is 5.97 Å². The van der Waals surface area contributed by atoms with E-state index in [1.165, 1.54) is 13.3 Å². The van der Waals surface area contributed by atoms with Crippen molar-refractivity contribution in [3.63, 3.8) is 0 Å². The van der Waals surface area contributed by atoms with Crippen LogP contribution in [0.3, 0.4) is 0 Å². The Bertz CT molecular complexity index is 1390. The molecule has 0 saturated carbocycles. The number of phenolic OH excluding ortho intramolecular Hbond substituents is 1. The highest BCUT2D eigenvalue weighted by Crippen LogP contribution is 2.26. The quantitative estimate of drug-likeness (QED) is 0.262. The lowest BCUT2D eigenvalue weighted by atomic mass is 10.0. The smallest absolute Gasteiger partial charge is 0.328 e. The summed E-state index contributed by atoms with van der Waals surface area (Å²) in [4.78, 5) is 33.6.